The van der Waals surface area contributed by atoms with Crippen molar-refractivity contribution in [2.75, 3.05) is 13.2 Å². The van der Waals surface area contributed by atoms with Gasteiger partial charge in [-0.15, -0.1) is 0 Å². The van der Waals surface area contributed by atoms with Gasteiger partial charge in [-0.1, -0.05) is 296 Å². The second-order valence-electron chi connectivity index (χ2n) is 21.0. The van der Waals surface area contributed by atoms with Crippen molar-refractivity contribution in [3.8, 4) is 0 Å². The van der Waals surface area contributed by atoms with E-state index in [0.717, 1.165) is 57.8 Å². The van der Waals surface area contributed by atoms with Gasteiger partial charge in [0.1, 0.15) is 13.2 Å². The smallest absolute Gasteiger partial charge is 0.306 e. The van der Waals surface area contributed by atoms with Gasteiger partial charge in [0.15, 0.2) is 6.10 Å². The van der Waals surface area contributed by atoms with Crippen molar-refractivity contribution in [1.82, 2.24) is 0 Å². The lowest BCUT2D eigenvalue weighted by molar-refractivity contribution is -0.167. The molecule has 0 radical (unpaired) electrons. The number of allylic oxidation sites excluding steroid dienone is 2. The minimum Gasteiger partial charge on any atom is -0.462 e. The molecule has 0 rings (SSSR count). The Morgan fingerprint density at radius 2 is 0.485 bits per heavy atom. The molecule has 1 unspecified atom stereocenters. The van der Waals surface area contributed by atoms with Gasteiger partial charge in [0.2, 0.25) is 0 Å². The van der Waals surface area contributed by atoms with Crippen LogP contribution in [-0.4, -0.2) is 37.2 Å². The van der Waals surface area contributed by atoms with Crippen LogP contribution in [0.1, 0.15) is 348 Å². The fraction of sp³-hybridized carbons (Fsp3) is 0.919. The third kappa shape index (κ3) is 55.1. The topological polar surface area (TPSA) is 78.9 Å². The first kappa shape index (κ1) is 66.2. The Labute approximate surface area is 424 Å². The standard InChI is InChI=1S/C62H118O6/c1-4-7-10-13-16-19-22-24-26-28-30-31-32-34-35-37-40-43-46-49-52-55-61(64)67-58-59(57-66-60(63)54-51-48-45-42-39-21-18-15-12-9-6-3)68-62(65)56-53-50-47-44-41-38-36-33-29-27-25-23-20-17-14-11-8-5-2/h28,30,59H,4-27,29,31-58H2,1-3H3/b30-28-. The third-order valence-electron chi connectivity index (χ3n) is 14.0. The molecule has 0 amide bonds. The van der Waals surface area contributed by atoms with Gasteiger partial charge < -0.3 is 14.2 Å². The predicted molar refractivity (Wildman–Crippen MR) is 293 cm³/mol. The zero-order chi connectivity index (χ0) is 49.3. The van der Waals surface area contributed by atoms with E-state index in [0.29, 0.717) is 19.3 Å². The number of unbranched alkanes of at least 4 members (excludes halogenated alkanes) is 44. The lowest BCUT2D eigenvalue weighted by atomic mass is 10.0. The molecule has 0 saturated carbocycles. The molecule has 0 bridgehead atoms. The maximum Gasteiger partial charge on any atom is 0.306 e. The normalized spacial score (nSPS) is 12.0. The molecule has 0 spiro atoms. The van der Waals surface area contributed by atoms with E-state index in [4.69, 9.17) is 14.2 Å². The van der Waals surface area contributed by atoms with Crippen molar-refractivity contribution < 1.29 is 28.6 Å². The van der Waals surface area contributed by atoms with Crippen LogP contribution in [0.25, 0.3) is 0 Å². The minimum atomic E-state index is -0.765. The Kier molecular flexibility index (Phi) is 56.2. The summed E-state index contributed by atoms with van der Waals surface area (Å²) in [5.74, 6) is -0.840. The summed E-state index contributed by atoms with van der Waals surface area (Å²) in [6.45, 7) is 6.70. The number of carbonyl (C=O) groups excluding carboxylic acids is 3. The summed E-state index contributed by atoms with van der Waals surface area (Å²) >= 11 is 0. The molecule has 0 N–H and O–H groups in total. The first-order valence-electron chi connectivity index (χ1n) is 30.7. The van der Waals surface area contributed by atoms with Gasteiger partial charge in [-0.2, -0.15) is 0 Å². The lowest BCUT2D eigenvalue weighted by Gasteiger charge is -2.18. The fourth-order valence-corrected chi connectivity index (χ4v) is 9.38. The Morgan fingerprint density at radius 3 is 0.735 bits per heavy atom. The number of ether oxygens (including phenoxy) is 3. The Morgan fingerprint density at radius 1 is 0.279 bits per heavy atom. The van der Waals surface area contributed by atoms with E-state index in [-0.39, 0.29) is 31.1 Å². The third-order valence-corrected chi connectivity index (χ3v) is 14.0. The van der Waals surface area contributed by atoms with E-state index in [1.165, 1.54) is 250 Å². The average Bonchev–Trinajstić information content (AvgIpc) is 3.34. The van der Waals surface area contributed by atoms with Gasteiger partial charge in [-0.25, -0.2) is 0 Å². The predicted octanol–water partition coefficient (Wildman–Crippen LogP) is 20.5. The second kappa shape index (κ2) is 57.7. The van der Waals surface area contributed by atoms with Gasteiger partial charge in [-0.3, -0.25) is 14.4 Å². The molecule has 0 aromatic carbocycles. The number of carbonyl (C=O) groups is 3. The van der Waals surface area contributed by atoms with Crippen molar-refractivity contribution in [2.45, 2.75) is 354 Å². The summed E-state index contributed by atoms with van der Waals surface area (Å²) in [4.78, 5) is 38.2. The van der Waals surface area contributed by atoms with Crippen LogP contribution in [0.2, 0.25) is 0 Å². The maximum atomic E-state index is 12.9. The molecule has 0 aromatic heterocycles. The second-order valence-corrected chi connectivity index (χ2v) is 21.0. The van der Waals surface area contributed by atoms with E-state index in [1.54, 1.807) is 0 Å². The molecule has 0 heterocycles. The van der Waals surface area contributed by atoms with Crippen LogP contribution in [0, 0.1) is 0 Å². The zero-order valence-electron chi connectivity index (χ0n) is 46.2. The highest BCUT2D eigenvalue weighted by Gasteiger charge is 2.19. The van der Waals surface area contributed by atoms with Crippen molar-refractivity contribution >= 4 is 17.9 Å². The fourth-order valence-electron chi connectivity index (χ4n) is 9.38. The molecule has 0 aliphatic heterocycles. The van der Waals surface area contributed by atoms with E-state index in [1.807, 2.05) is 0 Å². The average molecular weight is 960 g/mol. The highest BCUT2D eigenvalue weighted by Crippen LogP contribution is 2.18. The van der Waals surface area contributed by atoms with E-state index < -0.39 is 6.10 Å². The SMILES string of the molecule is CCCCCCCCCC/C=C\CCCCCCCCCCCC(=O)OCC(COC(=O)CCCCCCCCCCCCC)OC(=O)CCCCCCCCCCCCCCCCCCCC. The summed E-state index contributed by atoms with van der Waals surface area (Å²) in [6, 6.07) is 0. The van der Waals surface area contributed by atoms with Crippen molar-refractivity contribution in [1.29, 1.82) is 0 Å². The molecule has 402 valence electrons. The van der Waals surface area contributed by atoms with Crippen LogP contribution in [0.15, 0.2) is 12.2 Å². The van der Waals surface area contributed by atoms with E-state index in [2.05, 4.69) is 32.9 Å². The summed E-state index contributed by atoms with van der Waals surface area (Å²) in [5.41, 5.74) is 0. The Balaban J connectivity index is 4.24. The Bertz CT molecular complexity index is 1060. The number of hydrogen-bond donors (Lipinski definition) is 0. The molecule has 6 nitrogen and oxygen atoms in total. The van der Waals surface area contributed by atoms with Gasteiger partial charge in [-0.05, 0) is 44.9 Å². The molecule has 0 aromatic rings. The summed E-state index contributed by atoms with van der Waals surface area (Å²) < 4.78 is 16.9. The number of esters is 3. The highest BCUT2D eigenvalue weighted by atomic mass is 16.6. The van der Waals surface area contributed by atoms with E-state index >= 15 is 0 Å². The quantitative estimate of drug-likeness (QED) is 0.0262. The van der Waals surface area contributed by atoms with Crippen molar-refractivity contribution in [3.63, 3.8) is 0 Å². The van der Waals surface area contributed by atoms with Crippen molar-refractivity contribution in [2.24, 2.45) is 0 Å². The van der Waals surface area contributed by atoms with Crippen LogP contribution in [-0.2, 0) is 28.6 Å². The largest absolute Gasteiger partial charge is 0.462 e. The molecule has 1 atom stereocenters. The first-order valence-corrected chi connectivity index (χ1v) is 30.7. The van der Waals surface area contributed by atoms with Crippen LogP contribution >= 0.6 is 0 Å². The summed E-state index contributed by atoms with van der Waals surface area (Å²) in [7, 11) is 0. The lowest BCUT2D eigenvalue weighted by Crippen LogP contribution is -2.30. The molecular formula is C62H118O6. The molecule has 0 fully saturated rings. The summed E-state index contributed by atoms with van der Waals surface area (Å²) in [6.07, 6.45) is 66.4. The van der Waals surface area contributed by atoms with Gasteiger partial charge in [0.05, 0.1) is 0 Å². The highest BCUT2D eigenvalue weighted by molar-refractivity contribution is 5.71. The van der Waals surface area contributed by atoms with Crippen LogP contribution in [0.4, 0.5) is 0 Å². The number of rotatable bonds is 57. The molecular weight excluding hydrogens is 841 g/mol. The van der Waals surface area contributed by atoms with Crippen LogP contribution < -0.4 is 0 Å². The molecule has 0 saturated heterocycles. The van der Waals surface area contributed by atoms with E-state index in [9.17, 15) is 14.4 Å². The van der Waals surface area contributed by atoms with Gasteiger partial charge in [0.25, 0.3) is 0 Å². The number of hydrogen-bond acceptors (Lipinski definition) is 6. The van der Waals surface area contributed by atoms with Gasteiger partial charge >= 0.3 is 17.9 Å². The summed E-state index contributed by atoms with van der Waals surface area (Å²) in [5, 5.41) is 0. The van der Waals surface area contributed by atoms with Gasteiger partial charge in [0, 0.05) is 19.3 Å². The Hall–Kier alpha value is -1.85. The zero-order valence-corrected chi connectivity index (χ0v) is 46.2. The molecule has 68 heavy (non-hydrogen) atoms. The van der Waals surface area contributed by atoms with Crippen LogP contribution in [0.3, 0.4) is 0 Å². The molecule has 0 aliphatic rings. The maximum absolute atomic E-state index is 12.9. The van der Waals surface area contributed by atoms with Crippen LogP contribution in [0.5, 0.6) is 0 Å². The minimum absolute atomic E-state index is 0.0644. The first-order chi connectivity index (χ1) is 33.5. The molecule has 6 heteroatoms. The molecule has 0 aliphatic carbocycles. The monoisotopic (exact) mass is 959 g/mol. The van der Waals surface area contributed by atoms with Crippen molar-refractivity contribution in [3.05, 3.63) is 12.2 Å².